The molecule has 1 aromatic heterocycles. The molecule has 9 heteroatoms. The summed E-state index contributed by atoms with van der Waals surface area (Å²) in [6.45, 7) is -0.682. The molecule has 0 atom stereocenters. The average molecular weight is 297 g/mol. The van der Waals surface area contributed by atoms with E-state index >= 15 is 0 Å². The first kappa shape index (κ1) is 14.7. The van der Waals surface area contributed by atoms with Crippen molar-refractivity contribution in [2.24, 2.45) is 0 Å². The number of rotatable bonds is 6. The number of benzene rings is 1. The van der Waals surface area contributed by atoms with Crippen molar-refractivity contribution in [2.75, 3.05) is 17.7 Å². The first-order valence-electron chi connectivity index (χ1n) is 6.03. The van der Waals surface area contributed by atoms with Crippen molar-refractivity contribution in [1.82, 2.24) is 15.0 Å². The summed E-state index contributed by atoms with van der Waals surface area (Å²) < 4.78 is 33.5. The highest BCUT2D eigenvalue weighted by Gasteiger charge is 2.07. The van der Waals surface area contributed by atoms with Gasteiger partial charge in [-0.15, -0.1) is 0 Å². The van der Waals surface area contributed by atoms with Gasteiger partial charge in [-0.2, -0.15) is 23.7 Å². The molecule has 112 valence electrons. The van der Waals surface area contributed by atoms with Gasteiger partial charge in [0.2, 0.25) is 11.9 Å². The minimum Gasteiger partial charge on any atom is -0.464 e. The zero-order valence-corrected chi connectivity index (χ0v) is 11.1. The Morgan fingerprint density at radius 2 is 1.90 bits per heavy atom. The highest BCUT2D eigenvalue weighted by Crippen LogP contribution is 2.20. The van der Waals surface area contributed by atoms with E-state index in [4.69, 9.17) is 10.5 Å². The van der Waals surface area contributed by atoms with E-state index in [-0.39, 0.29) is 23.7 Å². The molecule has 0 bridgehead atoms. The first-order valence-corrected chi connectivity index (χ1v) is 6.03. The Morgan fingerprint density at radius 3 is 2.52 bits per heavy atom. The zero-order chi connectivity index (χ0) is 15.2. The molecule has 1 aromatic carbocycles. The van der Waals surface area contributed by atoms with Gasteiger partial charge < -0.3 is 20.5 Å². The SMILES string of the molecule is CCOc1nc(N)nc(Nc2ccc(OC(F)F)cc2)n1. The van der Waals surface area contributed by atoms with E-state index in [2.05, 4.69) is 25.0 Å². The quantitative estimate of drug-likeness (QED) is 0.843. The lowest BCUT2D eigenvalue weighted by molar-refractivity contribution is -0.0498. The third-order valence-electron chi connectivity index (χ3n) is 2.24. The number of ether oxygens (including phenoxy) is 2. The van der Waals surface area contributed by atoms with E-state index < -0.39 is 6.61 Å². The van der Waals surface area contributed by atoms with Gasteiger partial charge in [0.1, 0.15) is 5.75 Å². The van der Waals surface area contributed by atoms with Gasteiger partial charge in [0, 0.05) is 5.69 Å². The predicted octanol–water partition coefficient (Wildman–Crippen LogP) is 2.20. The standard InChI is InChI=1S/C12H13F2N5O2/c1-2-20-12-18-10(15)17-11(19-12)16-7-3-5-8(6-4-7)21-9(13)14/h3-6,9H,2H2,1H3,(H3,15,16,17,18,19). The van der Waals surface area contributed by atoms with E-state index in [1.165, 1.54) is 24.3 Å². The van der Waals surface area contributed by atoms with Crippen LogP contribution in [0.4, 0.5) is 26.4 Å². The van der Waals surface area contributed by atoms with E-state index in [0.717, 1.165) is 0 Å². The van der Waals surface area contributed by atoms with Crippen molar-refractivity contribution < 1.29 is 18.3 Å². The second-order valence-electron chi connectivity index (χ2n) is 3.76. The minimum absolute atomic E-state index is 0.00797. The molecule has 0 aliphatic rings. The van der Waals surface area contributed by atoms with Gasteiger partial charge in [-0.25, -0.2) is 0 Å². The van der Waals surface area contributed by atoms with Crippen LogP contribution >= 0.6 is 0 Å². The summed E-state index contributed by atoms with van der Waals surface area (Å²) in [5.41, 5.74) is 6.11. The van der Waals surface area contributed by atoms with Crippen LogP contribution in [0.5, 0.6) is 11.8 Å². The second-order valence-corrected chi connectivity index (χ2v) is 3.76. The largest absolute Gasteiger partial charge is 0.464 e. The molecular weight excluding hydrogens is 284 g/mol. The van der Waals surface area contributed by atoms with E-state index in [0.29, 0.717) is 12.3 Å². The number of nitrogens with one attached hydrogen (secondary N) is 1. The molecule has 0 saturated heterocycles. The number of nitrogens with zero attached hydrogens (tertiary/aromatic N) is 3. The Balaban J connectivity index is 2.10. The smallest absolute Gasteiger partial charge is 0.387 e. The van der Waals surface area contributed by atoms with E-state index in [1.807, 2.05) is 0 Å². The van der Waals surface area contributed by atoms with Crippen molar-refractivity contribution in [1.29, 1.82) is 0 Å². The van der Waals surface area contributed by atoms with E-state index in [1.54, 1.807) is 6.92 Å². The van der Waals surface area contributed by atoms with Crippen molar-refractivity contribution in [3.63, 3.8) is 0 Å². The van der Waals surface area contributed by atoms with Gasteiger partial charge in [0.15, 0.2) is 0 Å². The summed E-state index contributed by atoms with van der Waals surface area (Å²) in [5.74, 6) is 0.253. The number of nitrogen functional groups attached to an aromatic ring is 1. The molecule has 7 nitrogen and oxygen atoms in total. The van der Waals surface area contributed by atoms with Gasteiger partial charge in [-0.3, -0.25) is 0 Å². The highest BCUT2D eigenvalue weighted by molar-refractivity contribution is 5.55. The molecule has 0 radical (unpaired) electrons. The molecule has 2 aromatic rings. The average Bonchev–Trinajstić information content (AvgIpc) is 2.40. The Labute approximate surface area is 119 Å². The molecule has 2 rings (SSSR count). The number of aromatic nitrogens is 3. The summed E-state index contributed by atoms with van der Waals surface area (Å²) in [5, 5.41) is 2.86. The third-order valence-corrected chi connectivity index (χ3v) is 2.24. The second kappa shape index (κ2) is 6.64. The number of nitrogens with two attached hydrogens (primary N) is 1. The highest BCUT2D eigenvalue weighted by atomic mass is 19.3. The first-order chi connectivity index (χ1) is 10.1. The van der Waals surface area contributed by atoms with Gasteiger partial charge in [-0.1, -0.05) is 0 Å². The van der Waals surface area contributed by atoms with Crippen molar-refractivity contribution in [3.8, 4) is 11.8 Å². The lowest BCUT2D eigenvalue weighted by atomic mass is 10.3. The maximum absolute atomic E-state index is 12.0. The van der Waals surface area contributed by atoms with Crippen LogP contribution in [0.1, 0.15) is 6.92 Å². The maximum Gasteiger partial charge on any atom is 0.387 e. The molecule has 0 fully saturated rings. The molecule has 0 spiro atoms. The molecule has 0 saturated carbocycles. The van der Waals surface area contributed by atoms with Crippen LogP contribution in [-0.2, 0) is 0 Å². The molecular formula is C12H13F2N5O2. The molecule has 3 N–H and O–H groups in total. The number of anilines is 3. The summed E-state index contributed by atoms with van der Waals surface area (Å²) in [7, 11) is 0. The molecule has 0 amide bonds. The number of alkyl halides is 2. The normalized spacial score (nSPS) is 10.5. The topological polar surface area (TPSA) is 95.2 Å². The van der Waals surface area contributed by atoms with Crippen LogP contribution in [0.2, 0.25) is 0 Å². The van der Waals surface area contributed by atoms with Crippen LogP contribution < -0.4 is 20.5 Å². The molecule has 1 heterocycles. The Hall–Kier alpha value is -2.71. The predicted molar refractivity (Wildman–Crippen MR) is 71.8 cm³/mol. The third kappa shape index (κ3) is 4.41. The maximum atomic E-state index is 12.0. The van der Waals surface area contributed by atoms with Crippen molar-refractivity contribution in [2.45, 2.75) is 13.5 Å². The van der Waals surface area contributed by atoms with Crippen molar-refractivity contribution >= 4 is 17.6 Å². The summed E-state index contributed by atoms with van der Waals surface area (Å²) in [4.78, 5) is 11.7. The monoisotopic (exact) mass is 297 g/mol. The van der Waals surface area contributed by atoms with Crippen LogP contribution in [0.15, 0.2) is 24.3 Å². The lowest BCUT2D eigenvalue weighted by Gasteiger charge is -2.08. The Morgan fingerprint density at radius 1 is 1.19 bits per heavy atom. The molecule has 0 aliphatic carbocycles. The molecule has 0 aliphatic heterocycles. The molecule has 0 unspecified atom stereocenters. The number of halogens is 2. The lowest BCUT2D eigenvalue weighted by Crippen LogP contribution is -2.06. The van der Waals surface area contributed by atoms with Crippen LogP contribution in [0.3, 0.4) is 0 Å². The van der Waals surface area contributed by atoms with Gasteiger partial charge in [0.05, 0.1) is 6.61 Å². The van der Waals surface area contributed by atoms with Gasteiger partial charge >= 0.3 is 12.6 Å². The summed E-state index contributed by atoms with van der Waals surface area (Å²) in [6.07, 6.45) is 0. The van der Waals surface area contributed by atoms with E-state index in [9.17, 15) is 8.78 Å². The number of hydrogen-bond donors (Lipinski definition) is 2. The summed E-state index contributed by atoms with van der Waals surface area (Å²) >= 11 is 0. The fourth-order valence-electron chi connectivity index (χ4n) is 1.47. The minimum atomic E-state index is -2.86. The van der Waals surface area contributed by atoms with Crippen LogP contribution in [0.25, 0.3) is 0 Å². The molecule has 21 heavy (non-hydrogen) atoms. The van der Waals surface area contributed by atoms with Gasteiger partial charge in [-0.05, 0) is 31.2 Å². The van der Waals surface area contributed by atoms with Crippen molar-refractivity contribution in [3.05, 3.63) is 24.3 Å². The van der Waals surface area contributed by atoms with Crippen LogP contribution in [0, 0.1) is 0 Å². The fraction of sp³-hybridized carbons (Fsp3) is 0.250. The number of hydrogen-bond acceptors (Lipinski definition) is 7. The van der Waals surface area contributed by atoms with Crippen LogP contribution in [-0.4, -0.2) is 28.2 Å². The Kier molecular flexibility index (Phi) is 4.64. The van der Waals surface area contributed by atoms with Gasteiger partial charge in [0.25, 0.3) is 0 Å². The fourth-order valence-corrected chi connectivity index (χ4v) is 1.47. The summed E-state index contributed by atoms with van der Waals surface area (Å²) in [6, 6.07) is 5.96. The Bertz CT molecular complexity index is 595. The zero-order valence-electron chi connectivity index (χ0n) is 11.1.